The quantitative estimate of drug-likeness (QED) is 0.614. The van der Waals surface area contributed by atoms with E-state index in [0.29, 0.717) is 0 Å². The number of carbonyl (C=O) groups is 2. The Morgan fingerprint density at radius 3 is 1.55 bits per heavy atom. The van der Waals surface area contributed by atoms with Crippen molar-refractivity contribution in [2.45, 2.75) is 25.9 Å². The van der Waals surface area contributed by atoms with Crippen molar-refractivity contribution in [3.05, 3.63) is 59.7 Å². The highest BCUT2D eigenvalue weighted by molar-refractivity contribution is 9.09. The van der Waals surface area contributed by atoms with E-state index in [1.165, 1.54) is 0 Å². The molecule has 2 aromatic rings. The minimum absolute atomic E-state index is 0.0437. The van der Waals surface area contributed by atoms with Gasteiger partial charge in [-0.3, -0.25) is 9.59 Å². The molecule has 0 aromatic heterocycles. The van der Waals surface area contributed by atoms with Gasteiger partial charge >= 0.3 is 0 Å². The number of benzene rings is 2. The first-order valence-electron chi connectivity index (χ1n) is 9.61. The lowest BCUT2D eigenvalue weighted by molar-refractivity contribution is -0.149. The monoisotopic (exact) mass is 459 g/mol. The largest absolute Gasteiger partial charge is 0.497 e. The summed E-state index contributed by atoms with van der Waals surface area (Å²) in [5.74, 6) is 0.971. The van der Waals surface area contributed by atoms with Crippen LogP contribution in [0.1, 0.15) is 37.1 Å². The van der Waals surface area contributed by atoms with Crippen molar-refractivity contribution < 1.29 is 19.1 Å². The zero-order chi connectivity index (χ0) is 21.1. The van der Waals surface area contributed by atoms with E-state index in [4.69, 9.17) is 9.47 Å². The molecule has 1 heterocycles. The second-order valence-electron chi connectivity index (χ2n) is 7.35. The molecule has 1 fully saturated rings. The van der Waals surface area contributed by atoms with E-state index in [0.717, 1.165) is 22.6 Å². The third-order valence-corrected chi connectivity index (χ3v) is 6.24. The lowest BCUT2D eigenvalue weighted by Gasteiger charge is -2.48. The number of ketones is 1. The van der Waals surface area contributed by atoms with Crippen LogP contribution in [-0.4, -0.2) is 36.1 Å². The highest BCUT2D eigenvalue weighted by atomic mass is 79.9. The predicted molar refractivity (Wildman–Crippen MR) is 115 cm³/mol. The number of nitrogens with zero attached hydrogens (tertiary/aromatic N) is 1. The molecule has 0 radical (unpaired) electrons. The number of rotatable bonds is 5. The van der Waals surface area contributed by atoms with Crippen LogP contribution in [-0.2, 0) is 9.59 Å². The molecule has 0 spiro atoms. The molecule has 5 nitrogen and oxygen atoms in total. The summed E-state index contributed by atoms with van der Waals surface area (Å²) in [5.41, 5.74) is 1.85. The number of likely N-dealkylation sites (tertiary alicyclic amines) is 1. The zero-order valence-electron chi connectivity index (χ0n) is 17.1. The van der Waals surface area contributed by atoms with E-state index < -0.39 is 0 Å². The zero-order valence-corrected chi connectivity index (χ0v) is 18.7. The second-order valence-corrected chi connectivity index (χ2v) is 7.91. The molecule has 3 rings (SSSR count). The summed E-state index contributed by atoms with van der Waals surface area (Å²) < 4.78 is 10.5. The van der Waals surface area contributed by atoms with Gasteiger partial charge in [0.2, 0.25) is 5.91 Å². The van der Waals surface area contributed by atoms with Gasteiger partial charge in [-0.2, -0.15) is 0 Å². The fraction of sp³-hybridized carbons (Fsp3) is 0.391. The molecule has 29 heavy (non-hydrogen) atoms. The second kappa shape index (κ2) is 8.99. The molecule has 6 heteroatoms. The van der Waals surface area contributed by atoms with Crippen LogP contribution in [0.5, 0.6) is 11.5 Å². The van der Waals surface area contributed by atoms with Crippen molar-refractivity contribution in [3.63, 3.8) is 0 Å². The molecule has 0 saturated carbocycles. The van der Waals surface area contributed by atoms with E-state index in [9.17, 15) is 9.59 Å². The number of ether oxygens (including phenoxy) is 2. The van der Waals surface area contributed by atoms with Crippen molar-refractivity contribution in [2.75, 3.05) is 19.5 Å². The minimum atomic E-state index is -0.346. The first-order valence-corrected chi connectivity index (χ1v) is 10.7. The van der Waals surface area contributed by atoms with Crippen molar-refractivity contribution in [3.8, 4) is 11.5 Å². The highest BCUT2D eigenvalue weighted by Gasteiger charge is 2.47. The number of piperidine rings is 1. The number of Topliss-reactive ketones (excluding diaryl/α,β-unsaturated/α-hetero) is 1. The topological polar surface area (TPSA) is 55.8 Å². The molecule has 1 aliphatic heterocycles. The smallest absolute Gasteiger partial charge is 0.234 e. The van der Waals surface area contributed by atoms with Gasteiger partial charge in [0, 0.05) is 11.8 Å². The molecule has 2 aromatic carbocycles. The Morgan fingerprint density at radius 2 is 1.24 bits per heavy atom. The maximum atomic E-state index is 13.2. The van der Waals surface area contributed by atoms with Crippen LogP contribution in [0.3, 0.4) is 0 Å². The first-order chi connectivity index (χ1) is 13.9. The molecule has 4 unspecified atom stereocenters. The molecule has 1 aliphatic rings. The van der Waals surface area contributed by atoms with Crippen LogP contribution >= 0.6 is 15.9 Å². The summed E-state index contributed by atoms with van der Waals surface area (Å²) >= 11 is 3.33. The summed E-state index contributed by atoms with van der Waals surface area (Å²) in [6, 6.07) is 14.5. The summed E-state index contributed by atoms with van der Waals surface area (Å²) in [4.78, 5) is 28.2. The Labute approximate surface area is 180 Å². The Hall–Kier alpha value is -2.34. The van der Waals surface area contributed by atoms with Gasteiger partial charge in [0.1, 0.15) is 17.3 Å². The third kappa shape index (κ3) is 4.04. The first kappa shape index (κ1) is 21.4. The number of hydrogen-bond acceptors (Lipinski definition) is 4. The average Bonchev–Trinajstić information content (AvgIpc) is 2.77. The third-order valence-electron chi connectivity index (χ3n) is 5.76. The molecule has 0 aliphatic carbocycles. The predicted octanol–water partition coefficient (Wildman–Crippen LogP) is 4.56. The van der Waals surface area contributed by atoms with Gasteiger partial charge in [-0.05, 0) is 35.4 Å². The molecule has 1 amide bonds. The van der Waals surface area contributed by atoms with Crippen LogP contribution < -0.4 is 9.47 Å². The fourth-order valence-corrected chi connectivity index (χ4v) is 4.55. The molecular formula is C23H26BrNO4. The van der Waals surface area contributed by atoms with Gasteiger partial charge in [-0.15, -0.1) is 0 Å². The highest BCUT2D eigenvalue weighted by Crippen LogP contribution is 2.46. The molecule has 154 valence electrons. The number of alkyl halides is 1. The van der Waals surface area contributed by atoms with E-state index >= 15 is 0 Å². The molecule has 0 N–H and O–H groups in total. The lowest BCUT2D eigenvalue weighted by Crippen LogP contribution is -2.52. The number of carbonyl (C=O) groups excluding carboxylic acids is 2. The maximum Gasteiger partial charge on any atom is 0.234 e. The maximum absolute atomic E-state index is 13.2. The van der Waals surface area contributed by atoms with Gasteiger partial charge < -0.3 is 14.4 Å². The Bertz CT molecular complexity index is 802. The van der Waals surface area contributed by atoms with E-state index in [-0.39, 0.29) is 40.9 Å². The molecular weight excluding hydrogens is 434 g/mol. The Kier molecular flexibility index (Phi) is 6.63. The fourth-order valence-electron chi connectivity index (χ4n) is 4.26. The van der Waals surface area contributed by atoms with Gasteiger partial charge in [-0.1, -0.05) is 54.0 Å². The average molecular weight is 460 g/mol. The van der Waals surface area contributed by atoms with Gasteiger partial charge in [-0.25, -0.2) is 0 Å². The normalized spacial score (nSPS) is 24.3. The van der Waals surface area contributed by atoms with Gasteiger partial charge in [0.05, 0.1) is 31.6 Å². The number of amides is 1. The van der Waals surface area contributed by atoms with Crippen LogP contribution in [0, 0.1) is 11.8 Å². The van der Waals surface area contributed by atoms with Crippen LogP contribution in [0.4, 0.5) is 0 Å². The number of methoxy groups -OCH3 is 2. The number of halogens is 1. The summed E-state index contributed by atoms with van der Waals surface area (Å²) in [6.45, 7) is 3.82. The lowest BCUT2D eigenvalue weighted by atomic mass is 9.74. The van der Waals surface area contributed by atoms with Gasteiger partial charge in [0.15, 0.2) is 0 Å². The van der Waals surface area contributed by atoms with Gasteiger partial charge in [0.25, 0.3) is 0 Å². The molecule has 0 bridgehead atoms. The minimum Gasteiger partial charge on any atom is -0.497 e. The number of hydrogen-bond donors (Lipinski definition) is 0. The van der Waals surface area contributed by atoms with Crippen LogP contribution in [0.25, 0.3) is 0 Å². The van der Waals surface area contributed by atoms with Crippen molar-refractivity contribution >= 4 is 27.6 Å². The van der Waals surface area contributed by atoms with E-state index in [1.54, 1.807) is 14.2 Å². The standard InChI is InChI=1S/C23H26BrNO4/c1-14-21(16-5-9-18(28-3)10-6-16)25(20(26)13-24)22(15(2)23(14)27)17-7-11-19(29-4)12-8-17/h5-12,14-15,21-22H,13H2,1-4H3. The summed E-state index contributed by atoms with van der Waals surface area (Å²) in [6.07, 6.45) is 0. The van der Waals surface area contributed by atoms with Crippen LogP contribution in [0.15, 0.2) is 48.5 Å². The molecule has 4 atom stereocenters. The molecule has 1 saturated heterocycles. The van der Waals surface area contributed by atoms with Crippen molar-refractivity contribution in [2.24, 2.45) is 11.8 Å². The summed E-state index contributed by atoms with van der Waals surface area (Å²) in [7, 11) is 3.23. The SMILES string of the molecule is COc1ccc(C2C(C)C(=O)C(C)C(c3ccc(OC)cc3)N2C(=O)CBr)cc1. The van der Waals surface area contributed by atoms with Crippen LogP contribution in [0.2, 0.25) is 0 Å². The Balaban J connectivity index is 2.11. The van der Waals surface area contributed by atoms with Crippen molar-refractivity contribution in [1.29, 1.82) is 0 Å². The summed E-state index contributed by atoms with van der Waals surface area (Å²) in [5, 5.41) is 0.194. The van der Waals surface area contributed by atoms with Crippen molar-refractivity contribution in [1.82, 2.24) is 4.90 Å². The van der Waals surface area contributed by atoms with E-state index in [1.807, 2.05) is 67.3 Å². The Morgan fingerprint density at radius 1 is 0.862 bits per heavy atom. The van der Waals surface area contributed by atoms with E-state index in [2.05, 4.69) is 15.9 Å².